The average Bonchev–Trinajstić information content (AvgIpc) is 3.00. The second-order valence-corrected chi connectivity index (χ2v) is 5.23. The van der Waals surface area contributed by atoms with Crippen molar-refractivity contribution in [1.29, 1.82) is 0 Å². The summed E-state index contributed by atoms with van der Waals surface area (Å²) >= 11 is 1.26. The Bertz CT molecular complexity index is 558. The van der Waals surface area contributed by atoms with Gasteiger partial charge in [-0.2, -0.15) is 0 Å². The van der Waals surface area contributed by atoms with Crippen LogP contribution < -0.4 is 10.6 Å². The lowest BCUT2D eigenvalue weighted by atomic mass is 10.1. The Hall–Kier alpha value is -2.06. The van der Waals surface area contributed by atoms with Gasteiger partial charge in [-0.3, -0.25) is 10.1 Å². The van der Waals surface area contributed by atoms with E-state index in [1.54, 1.807) is 17.6 Å². The highest BCUT2D eigenvalue weighted by atomic mass is 32.1. The highest BCUT2D eigenvalue weighted by Gasteiger charge is 2.10. The molecule has 3 N–H and O–H groups in total. The fourth-order valence-electron chi connectivity index (χ4n) is 1.75. The van der Waals surface area contributed by atoms with Gasteiger partial charge in [-0.15, -0.1) is 10.2 Å². The molecule has 0 aromatic carbocycles. The molecule has 8 heteroatoms. The number of carbonyl (C=O) groups is 1. The Balaban J connectivity index is 1.96. The minimum atomic E-state index is -0.270. The number of amides is 1. The zero-order chi connectivity index (χ0) is 15.1. The van der Waals surface area contributed by atoms with Crippen LogP contribution in [0.15, 0.2) is 23.8 Å². The van der Waals surface area contributed by atoms with Crippen LogP contribution in [-0.2, 0) is 0 Å². The fourth-order valence-corrected chi connectivity index (χ4v) is 2.19. The van der Waals surface area contributed by atoms with E-state index < -0.39 is 0 Å². The van der Waals surface area contributed by atoms with Gasteiger partial charge in [0.2, 0.25) is 5.13 Å². The number of carbonyl (C=O) groups excluding carboxylic acids is 1. The third-order valence-corrected chi connectivity index (χ3v) is 3.54. The molecule has 2 aromatic rings. The molecule has 1 atom stereocenters. The molecule has 0 saturated heterocycles. The molecule has 0 bridgehead atoms. The van der Waals surface area contributed by atoms with E-state index in [1.165, 1.54) is 17.5 Å². The third kappa shape index (κ3) is 4.47. The van der Waals surface area contributed by atoms with Crippen molar-refractivity contribution < 1.29 is 9.90 Å². The number of aliphatic hydroxyl groups is 1. The molecule has 0 aliphatic carbocycles. The van der Waals surface area contributed by atoms with Crippen molar-refractivity contribution >= 4 is 28.2 Å². The summed E-state index contributed by atoms with van der Waals surface area (Å²) in [5, 5.41) is 22.7. The lowest BCUT2D eigenvalue weighted by molar-refractivity contribution is 0.102. The zero-order valence-corrected chi connectivity index (χ0v) is 12.4. The molecule has 0 aliphatic rings. The number of hydrogen-bond acceptors (Lipinski definition) is 7. The number of hydrogen-bond donors (Lipinski definition) is 3. The second kappa shape index (κ2) is 7.65. The smallest absolute Gasteiger partial charge is 0.259 e. The van der Waals surface area contributed by atoms with E-state index in [9.17, 15) is 4.79 Å². The van der Waals surface area contributed by atoms with Crippen LogP contribution in [0.4, 0.5) is 10.9 Å². The Morgan fingerprint density at radius 3 is 2.90 bits per heavy atom. The van der Waals surface area contributed by atoms with Crippen molar-refractivity contribution in [2.75, 3.05) is 17.2 Å². The van der Waals surface area contributed by atoms with Gasteiger partial charge in [-0.1, -0.05) is 18.3 Å². The standard InChI is InChI=1S/C13H17N5O2S/c1-2-10(5-6-19)16-11-4-3-9(7-14-11)12(20)17-13-18-15-8-21-13/h3-4,7-8,10,19H,2,5-6H2,1H3,(H,14,16)(H,17,18,20). The highest BCUT2D eigenvalue weighted by molar-refractivity contribution is 7.13. The van der Waals surface area contributed by atoms with E-state index in [0.29, 0.717) is 22.9 Å². The zero-order valence-electron chi connectivity index (χ0n) is 11.6. The lowest BCUT2D eigenvalue weighted by Gasteiger charge is -2.16. The summed E-state index contributed by atoms with van der Waals surface area (Å²) in [5.74, 6) is 0.413. The molecule has 1 amide bonds. The molecule has 2 heterocycles. The summed E-state index contributed by atoms with van der Waals surface area (Å²) in [7, 11) is 0. The lowest BCUT2D eigenvalue weighted by Crippen LogP contribution is -2.20. The summed E-state index contributed by atoms with van der Waals surface area (Å²) in [6, 6.07) is 3.61. The van der Waals surface area contributed by atoms with Crippen molar-refractivity contribution in [2.45, 2.75) is 25.8 Å². The number of rotatable bonds is 7. The Kier molecular flexibility index (Phi) is 5.59. The molecular formula is C13H17N5O2S. The van der Waals surface area contributed by atoms with Crippen molar-refractivity contribution in [3.63, 3.8) is 0 Å². The monoisotopic (exact) mass is 307 g/mol. The summed E-state index contributed by atoms with van der Waals surface area (Å²) in [6.07, 6.45) is 3.06. The van der Waals surface area contributed by atoms with Crippen LogP contribution in [0, 0.1) is 0 Å². The minimum absolute atomic E-state index is 0.133. The summed E-state index contributed by atoms with van der Waals surface area (Å²) in [4.78, 5) is 16.2. The predicted octanol–water partition coefficient (Wildman–Crippen LogP) is 1.76. The van der Waals surface area contributed by atoms with Gasteiger partial charge in [0.05, 0.1) is 5.56 Å². The fraction of sp³-hybridized carbons (Fsp3) is 0.385. The van der Waals surface area contributed by atoms with Gasteiger partial charge in [0.15, 0.2) is 0 Å². The maximum Gasteiger partial charge on any atom is 0.259 e. The quantitative estimate of drug-likeness (QED) is 0.720. The molecule has 1 unspecified atom stereocenters. The van der Waals surface area contributed by atoms with Crippen molar-refractivity contribution in [3.05, 3.63) is 29.4 Å². The van der Waals surface area contributed by atoms with Gasteiger partial charge in [-0.05, 0) is 25.0 Å². The van der Waals surface area contributed by atoms with E-state index >= 15 is 0 Å². The number of anilines is 2. The van der Waals surface area contributed by atoms with E-state index in [0.717, 1.165) is 6.42 Å². The second-order valence-electron chi connectivity index (χ2n) is 4.39. The summed E-state index contributed by atoms with van der Waals surface area (Å²) in [5.41, 5.74) is 2.00. The molecule has 0 fully saturated rings. The minimum Gasteiger partial charge on any atom is -0.396 e. The van der Waals surface area contributed by atoms with Crippen molar-refractivity contribution in [2.24, 2.45) is 0 Å². The molecule has 7 nitrogen and oxygen atoms in total. The van der Waals surface area contributed by atoms with Gasteiger partial charge < -0.3 is 10.4 Å². The van der Waals surface area contributed by atoms with E-state index in [4.69, 9.17) is 5.11 Å². The van der Waals surface area contributed by atoms with Crippen molar-refractivity contribution in [1.82, 2.24) is 15.2 Å². The van der Waals surface area contributed by atoms with Crippen LogP contribution in [-0.4, -0.2) is 38.8 Å². The first-order valence-electron chi connectivity index (χ1n) is 6.64. The summed E-state index contributed by atoms with van der Waals surface area (Å²) in [6.45, 7) is 2.17. The first kappa shape index (κ1) is 15.3. The van der Waals surface area contributed by atoms with Crippen LogP contribution in [0.25, 0.3) is 0 Å². The van der Waals surface area contributed by atoms with Gasteiger partial charge in [0.25, 0.3) is 5.91 Å². The molecule has 2 rings (SSSR count). The van der Waals surface area contributed by atoms with E-state index in [1.807, 2.05) is 6.92 Å². The van der Waals surface area contributed by atoms with Crippen LogP contribution in [0.1, 0.15) is 30.1 Å². The molecule has 21 heavy (non-hydrogen) atoms. The molecule has 0 saturated carbocycles. The summed E-state index contributed by atoms with van der Waals surface area (Å²) < 4.78 is 0. The Morgan fingerprint density at radius 2 is 2.33 bits per heavy atom. The predicted molar refractivity (Wildman–Crippen MR) is 81.5 cm³/mol. The number of aromatic nitrogens is 3. The molecule has 0 radical (unpaired) electrons. The van der Waals surface area contributed by atoms with Crippen LogP contribution in [0.2, 0.25) is 0 Å². The van der Waals surface area contributed by atoms with Crippen molar-refractivity contribution in [3.8, 4) is 0 Å². The first-order chi connectivity index (χ1) is 10.2. The van der Waals surface area contributed by atoms with Gasteiger partial charge in [0.1, 0.15) is 11.3 Å². The molecule has 112 valence electrons. The Morgan fingerprint density at radius 1 is 1.48 bits per heavy atom. The SMILES string of the molecule is CCC(CCO)Nc1ccc(C(=O)Nc2nncs2)cn1. The maximum atomic E-state index is 11.9. The van der Waals surface area contributed by atoms with Gasteiger partial charge >= 0.3 is 0 Å². The maximum absolute atomic E-state index is 11.9. The average molecular weight is 307 g/mol. The van der Waals surface area contributed by atoms with Crippen LogP contribution in [0.5, 0.6) is 0 Å². The van der Waals surface area contributed by atoms with Crippen LogP contribution in [0.3, 0.4) is 0 Å². The molecule has 2 aromatic heterocycles. The number of pyridine rings is 1. The molecule has 0 aliphatic heterocycles. The largest absolute Gasteiger partial charge is 0.396 e. The number of aliphatic hydroxyl groups excluding tert-OH is 1. The van der Waals surface area contributed by atoms with E-state index in [-0.39, 0.29) is 18.6 Å². The van der Waals surface area contributed by atoms with Gasteiger partial charge in [-0.25, -0.2) is 4.98 Å². The first-order valence-corrected chi connectivity index (χ1v) is 7.52. The Labute approximate surface area is 126 Å². The van der Waals surface area contributed by atoms with Gasteiger partial charge in [0, 0.05) is 18.8 Å². The van der Waals surface area contributed by atoms with E-state index in [2.05, 4.69) is 25.8 Å². The topological polar surface area (TPSA) is 100 Å². The normalized spacial score (nSPS) is 11.9. The number of nitrogens with zero attached hydrogens (tertiary/aromatic N) is 3. The van der Waals surface area contributed by atoms with Crippen LogP contribution >= 0.6 is 11.3 Å². The molecular weight excluding hydrogens is 290 g/mol. The highest BCUT2D eigenvalue weighted by Crippen LogP contribution is 2.13. The third-order valence-electron chi connectivity index (χ3n) is 2.93. The number of nitrogens with one attached hydrogen (secondary N) is 2. The molecule has 0 spiro atoms.